The second kappa shape index (κ2) is 8.85. The lowest BCUT2D eigenvalue weighted by Gasteiger charge is -2.49. The molecular formula is C21H30F2N6S. The molecule has 0 atom stereocenters. The van der Waals surface area contributed by atoms with Crippen LogP contribution in [0, 0.1) is 27.9 Å². The van der Waals surface area contributed by atoms with Crippen molar-refractivity contribution in [3.05, 3.63) is 41.1 Å². The average Bonchev–Trinajstić information content (AvgIpc) is 2.62. The normalized spacial score (nSPS) is 18.7. The van der Waals surface area contributed by atoms with Gasteiger partial charge in [-0.1, -0.05) is 6.07 Å². The number of hydrogen-bond donors (Lipinski definition) is 5. The van der Waals surface area contributed by atoms with Crippen molar-refractivity contribution in [1.29, 1.82) is 16.2 Å². The molecule has 0 aromatic heterocycles. The predicted molar refractivity (Wildman–Crippen MR) is 122 cm³/mol. The highest BCUT2D eigenvalue weighted by atomic mass is 32.2. The number of piperidine rings is 1. The van der Waals surface area contributed by atoms with Crippen LogP contribution in [0.3, 0.4) is 0 Å². The maximum absolute atomic E-state index is 14.6. The van der Waals surface area contributed by atoms with E-state index in [9.17, 15) is 8.78 Å². The predicted octanol–water partition coefficient (Wildman–Crippen LogP) is 4.15. The molecule has 0 spiro atoms. The van der Waals surface area contributed by atoms with E-state index >= 15 is 0 Å². The molecule has 1 aliphatic rings. The van der Waals surface area contributed by atoms with Gasteiger partial charge in [-0.05, 0) is 58.4 Å². The summed E-state index contributed by atoms with van der Waals surface area (Å²) in [6.45, 7) is 8.47. The standard InChI is InChI=1S/C21H30F2N6S/c1-20(2)8-13(9-21(3,4)28-20)29(5)19(27)30-18(26)15-7-6-14(12(10-24)11-25)16(22)17(15)23/h6-7,10-11,13,24,26-28H,8-9,25H2,1-5H3/b12-11+,24-10?,26-18?,27-19?. The molecule has 6 N–H and O–H groups in total. The van der Waals surface area contributed by atoms with Crippen LogP contribution in [-0.4, -0.2) is 45.5 Å². The van der Waals surface area contributed by atoms with E-state index < -0.39 is 11.6 Å². The quantitative estimate of drug-likeness (QED) is 0.360. The second-order valence-corrected chi connectivity index (χ2v) is 9.86. The number of nitrogens with two attached hydrogens (primary N) is 1. The largest absolute Gasteiger partial charge is 0.404 e. The molecule has 6 nitrogen and oxygen atoms in total. The second-order valence-electron chi connectivity index (χ2n) is 8.86. The van der Waals surface area contributed by atoms with Gasteiger partial charge in [-0.25, -0.2) is 8.78 Å². The Kier molecular flexibility index (Phi) is 7.08. The number of amidine groups is 1. The summed E-state index contributed by atoms with van der Waals surface area (Å²) >= 11 is 0.785. The van der Waals surface area contributed by atoms with Crippen molar-refractivity contribution >= 4 is 33.8 Å². The molecule has 9 heteroatoms. The fourth-order valence-corrected chi connectivity index (χ4v) is 4.85. The van der Waals surface area contributed by atoms with E-state index in [1.807, 2.05) is 0 Å². The number of halogens is 2. The highest BCUT2D eigenvalue weighted by Crippen LogP contribution is 2.32. The molecule has 1 aromatic carbocycles. The number of hydrogen-bond acceptors (Lipinski definition) is 6. The van der Waals surface area contributed by atoms with E-state index in [1.165, 1.54) is 12.1 Å². The third kappa shape index (κ3) is 5.26. The van der Waals surface area contributed by atoms with Crippen molar-refractivity contribution in [3.63, 3.8) is 0 Å². The van der Waals surface area contributed by atoms with Gasteiger partial charge in [-0.15, -0.1) is 0 Å². The maximum Gasteiger partial charge on any atom is 0.169 e. The van der Waals surface area contributed by atoms with Crippen molar-refractivity contribution in [2.45, 2.75) is 57.7 Å². The zero-order chi connectivity index (χ0) is 22.9. The Morgan fingerprint density at radius 2 is 1.63 bits per heavy atom. The number of thioether (sulfide) groups is 1. The van der Waals surface area contributed by atoms with Gasteiger partial charge in [-0.2, -0.15) is 0 Å². The number of nitrogens with one attached hydrogen (secondary N) is 4. The summed E-state index contributed by atoms with van der Waals surface area (Å²) < 4.78 is 29.0. The number of benzene rings is 1. The van der Waals surface area contributed by atoms with Crippen molar-refractivity contribution in [2.24, 2.45) is 5.73 Å². The van der Waals surface area contributed by atoms with Crippen LogP contribution in [0.4, 0.5) is 8.78 Å². The van der Waals surface area contributed by atoms with E-state index in [0.29, 0.717) is 0 Å². The van der Waals surface area contributed by atoms with Crippen molar-refractivity contribution in [1.82, 2.24) is 10.2 Å². The van der Waals surface area contributed by atoms with Gasteiger partial charge in [0.2, 0.25) is 0 Å². The van der Waals surface area contributed by atoms with Gasteiger partial charge >= 0.3 is 0 Å². The van der Waals surface area contributed by atoms with Crippen LogP contribution < -0.4 is 11.1 Å². The molecule has 2 rings (SSSR count). The van der Waals surface area contributed by atoms with Crippen LogP contribution in [0.2, 0.25) is 0 Å². The Morgan fingerprint density at radius 1 is 1.13 bits per heavy atom. The van der Waals surface area contributed by atoms with Crippen LogP contribution >= 0.6 is 11.8 Å². The van der Waals surface area contributed by atoms with Crippen LogP contribution in [0.15, 0.2) is 18.3 Å². The molecule has 1 saturated heterocycles. The lowest BCUT2D eigenvalue weighted by atomic mass is 9.79. The summed E-state index contributed by atoms with van der Waals surface area (Å²) in [5, 5.41) is 27.3. The van der Waals surface area contributed by atoms with E-state index in [1.54, 1.807) is 11.9 Å². The van der Waals surface area contributed by atoms with Gasteiger partial charge in [-0.3, -0.25) is 10.8 Å². The highest BCUT2D eigenvalue weighted by molar-refractivity contribution is 8.26. The minimum absolute atomic E-state index is 0.0424. The first kappa shape index (κ1) is 24.0. The minimum Gasteiger partial charge on any atom is -0.404 e. The average molecular weight is 437 g/mol. The first-order valence-corrected chi connectivity index (χ1v) is 10.4. The smallest absolute Gasteiger partial charge is 0.169 e. The van der Waals surface area contributed by atoms with Crippen LogP contribution in [-0.2, 0) is 0 Å². The van der Waals surface area contributed by atoms with E-state index in [4.69, 9.17) is 22.0 Å². The Labute approximate surface area is 180 Å². The third-order valence-electron chi connectivity index (χ3n) is 5.21. The lowest BCUT2D eigenvalue weighted by molar-refractivity contribution is 0.114. The Balaban J connectivity index is 2.18. The van der Waals surface area contributed by atoms with Gasteiger partial charge in [0.1, 0.15) is 5.04 Å². The fraction of sp³-hybridized carbons (Fsp3) is 0.476. The zero-order valence-corrected chi connectivity index (χ0v) is 18.8. The zero-order valence-electron chi connectivity index (χ0n) is 18.0. The Hall–Kier alpha value is -2.26. The van der Waals surface area contributed by atoms with Gasteiger partial charge in [0.05, 0.1) is 0 Å². The lowest BCUT2D eigenvalue weighted by Crippen LogP contribution is -2.62. The molecule has 1 fully saturated rings. The molecule has 0 amide bonds. The van der Waals surface area contributed by atoms with Crippen molar-refractivity contribution in [2.75, 3.05) is 7.05 Å². The fourth-order valence-electron chi connectivity index (χ4n) is 4.10. The summed E-state index contributed by atoms with van der Waals surface area (Å²) in [5.41, 5.74) is 4.82. The minimum atomic E-state index is -1.19. The highest BCUT2D eigenvalue weighted by Gasteiger charge is 2.39. The number of rotatable bonds is 4. The Morgan fingerprint density at radius 3 is 2.13 bits per heavy atom. The van der Waals surface area contributed by atoms with Crippen LogP contribution in [0.1, 0.15) is 51.7 Å². The molecule has 0 aliphatic carbocycles. The van der Waals surface area contributed by atoms with Gasteiger partial charge < -0.3 is 21.4 Å². The van der Waals surface area contributed by atoms with E-state index in [-0.39, 0.29) is 44.0 Å². The number of nitrogens with zero attached hydrogens (tertiary/aromatic N) is 1. The van der Waals surface area contributed by atoms with Gasteiger partial charge in [0.25, 0.3) is 0 Å². The molecule has 164 valence electrons. The molecule has 0 saturated carbocycles. The van der Waals surface area contributed by atoms with Crippen molar-refractivity contribution in [3.8, 4) is 0 Å². The number of allylic oxidation sites excluding steroid dienone is 1. The van der Waals surface area contributed by atoms with Crippen LogP contribution in [0.5, 0.6) is 0 Å². The maximum atomic E-state index is 14.6. The summed E-state index contributed by atoms with van der Waals surface area (Å²) in [6.07, 6.45) is 3.50. The van der Waals surface area contributed by atoms with Gasteiger partial charge in [0, 0.05) is 53.3 Å². The van der Waals surface area contributed by atoms with E-state index in [0.717, 1.165) is 37.0 Å². The first-order chi connectivity index (χ1) is 13.8. The first-order valence-electron chi connectivity index (χ1n) is 9.60. The monoisotopic (exact) mass is 436 g/mol. The topological polar surface area (TPSA) is 113 Å². The summed E-state index contributed by atoms with van der Waals surface area (Å²) in [7, 11) is 1.80. The third-order valence-corrected chi connectivity index (χ3v) is 6.11. The molecule has 0 unspecified atom stereocenters. The summed E-state index contributed by atoms with van der Waals surface area (Å²) in [5.74, 6) is -2.36. The SMILES string of the molecule is CN(C(=N)SC(=N)c1ccc(/C(C=N)=C/N)c(F)c1F)C1CC(C)(C)NC(C)(C)C1. The van der Waals surface area contributed by atoms with Crippen LogP contribution in [0.25, 0.3) is 5.57 Å². The Bertz CT molecular complexity index is 878. The van der Waals surface area contributed by atoms with Gasteiger partial charge in [0.15, 0.2) is 16.8 Å². The molecule has 0 radical (unpaired) electrons. The van der Waals surface area contributed by atoms with Crippen molar-refractivity contribution < 1.29 is 8.78 Å². The molecule has 30 heavy (non-hydrogen) atoms. The molecule has 1 heterocycles. The summed E-state index contributed by atoms with van der Waals surface area (Å²) in [4.78, 5) is 1.80. The molecule has 1 aromatic rings. The van der Waals surface area contributed by atoms with E-state index in [2.05, 4.69) is 33.0 Å². The molecular weight excluding hydrogens is 406 g/mol. The molecule has 1 aliphatic heterocycles. The summed E-state index contributed by atoms with van der Waals surface area (Å²) in [6, 6.07) is 2.65. The molecule has 0 bridgehead atoms.